The largest absolute Gasteiger partial charge is 0.491 e. The molecule has 1 saturated heterocycles. The first-order chi connectivity index (χ1) is 10.3. The predicted molar refractivity (Wildman–Crippen MR) is 85.0 cm³/mol. The van der Waals surface area contributed by atoms with Gasteiger partial charge < -0.3 is 14.8 Å². The summed E-state index contributed by atoms with van der Waals surface area (Å²) >= 11 is 0. The molecule has 2 unspecified atom stereocenters. The molecule has 2 atom stereocenters. The van der Waals surface area contributed by atoms with Crippen molar-refractivity contribution in [3.8, 4) is 5.75 Å². The standard InChI is InChI=1S/C18H27NO2/c1-2-10-19-12-17-8-9-18(21-17)13-20-16-7-6-14-4-3-5-15(14)11-16/h6-7,11,17-19H,2-5,8-10,12-13H2,1H3. The Bertz CT molecular complexity index is 461. The zero-order chi connectivity index (χ0) is 14.5. The van der Waals surface area contributed by atoms with E-state index in [0.29, 0.717) is 12.7 Å². The maximum atomic E-state index is 6.03. The van der Waals surface area contributed by atoms with Crippen LogP contribution < -0.4 is 10.1 Å². The summed E-state index contributed by atoms with van der Waals surface area (Å²) in [6.07, 6.45) is 7.79. The molecule has 1 aromatic carbocycles. The number of fused-ring (bicyclic) bond motifs is 1. The fourth-order valence-electron chi connectivity index (χ4n) is 3.32. The van der Waals surface area contributed by atoms with Gasteiger partial charge in [-0.05, 0) is 68.3 Å². The highest BCUT2D eigenvalue weighted by Crippen LogP contribution is 2.27. The molecule has 3 heteroatoms. The summed E-state index contributed by atoms with van der Waals surface area (Å²) in [5, 5.41) is 3.43. The minimum Gasteiger partial charge on any atom is -0.491 e. The molecular weight excluding hydrogens is 262 g/mol. The lowest BCUT2D eigenvalue weighted by atomic mass is 10.1. The molecule has 0 spiro atoms. The average Bonchev–Trinajstić information content (AvgIpc) is 3.13. The summed E-state index contributed by atoms with van der Waals surface area (Å²) < 4.78 is 12.0. The third kappa shape index (κ3) is 3.98. The molecule has 3 rings (SSSR count). The van der Waals surface area contributed by atoms with Gasteiger partial charge in [0, 0.05) is 6.54 Å². The van der Waals surface area contributed by atoms with E-state index in [1.165, 1.54) is 36.8 Å². The van der Waals surface area contributed by atoms with Gasteiger partial charge in [0.25, 0.3) is 0 Å². The Morgan fingerprint density at radius 1 is 1.19 bits per heavy atom. The third-order valence-electron chi connectivity index (χ3n) is 4.50. The Kier molecular flexibility index (Phi) is 5.15. The van der Waals surface area contributed by atoms with Crippen LogP contribution in [0.5, 0.6) is 5.75 Å². The Morgan fingerprint density at radius 3 is 2.95 bits per heavy atom. The van der Waals surface area contributed by atoms with Gasteiger partial charge in [-0.3, -0.25) is 0 Å². The quantitative estimate of drug-likeness (QED) is 0.782. The molecule has 1 aromatic rings. The molecule has 1 aliphatic carbocycles. The SMILES string of the molecule is CCCNCC1CCC(COc2ccc3c(c2)CCC3)O1. The molecule has 0 aromatic heterocycles. The normalized spacial score (nSPS) is 24.2. The molecule has 21 heavy (non-hydrogen) atoms. The van der Waals surface area contributed by atoms with Gasteiger partial charge in [-0.1, -0.05) is 13.0 Å². The van der Waals surface area contributed by atoms with Crippen LogP contribution in [-0.2, 0) is 17.6 Å². The fourth-order valence-corrected chi connectivity index (χ4v) is 3.32. The van der Waals surface area contributed by atoms with Crippen molar-refractivity contribution in [3.05, 3.63) is 29.3 Å². The topological polar surface area (TPSA) is 30.5 Å². The fraction of sp³-hybridized carbons (Fsp3) is 0.667. The van der Waals surface area contributed by atoms with Crippen molar-refractivity contribution in [1.82, 2.24) is 5.32 Å². The van der Waals surface area contributed by atoms with Gasteiger partial charge in [-0.25, -0.2) is 0 Å². The van der Waals surface area contributed by atoms with Crippen LogP contribution in [0.15, 0.2) is 18.2 Å². The first kappa shape index (κ1) is 14.9. The van der Waals surface area contributed by atoms with Crippen molar-refractivity contribution in [3.63, 3.8) is 0 Å². The Labute approximate surface area is 128 Å². The van der Waals surface area contributed by atoms with E-state index in [2.05, 4.69) is 30.4 Å². The van der Waals surface area contributed by atoms with Gasteiger partial charge in [-0.15, -0.1) is 0 Å². The summed E-state index contributed by atoms with van der Waals surface area (Å²) in [4.78, 5) is 0. The van der Waals surface area contributed by atoms with E-state index in [4.69, 9.17) is 9.47 Å². The molecule has 3 nitrogen and oxygen atoms in total. The lowest BCUT2D eigenvalue weighted by molar-refractivity contribution is 0.0186. The van der Waals surface area contributed by atoms with Crippen molar-refractivity contribution in [2.24, 2.45) is 0 Å². The zero-order valence-corrected chi connectivity index (χ0v) is 13.1. The van der Waals surface area contributed by atoms with Crippen molar-refractivity contribution in [2.45, 2.75) is 57.7 Å². The van der Waals surface area contributed by atoms with E-state index in [1.807, 2.05) is 0 Å². The molecule has 0 bridgehead atoms. The smallest absolute Gasteiger partial charge is 0.119 e. The van der Waals surface area contributed by atoms with Crippen LogP contribution in [0, 0.1) is 0 Å². The van der Waals surface area contributed by atoms with Gasteiger partial charge >= 0.3 is 0 Å². The van der Waals surface area contributed by atoms with E-state index in [-0.39, 0.29) is 6.10 Å². The number of benzene rings is 1. The monoisotopic (exact) mass is 289 g/mol. The predicted octanol–water partition coefficient (Wildman–Crippen LogP) is 3.10. The van der Waals surface area contributed by atoms with Crippen LogP contribution in [0.25, 0.3) is 0 Å². The summed E-state index contributed by atoms with van der Waals surface area (Å²) in [5.41, 5.74) is 2.98. The molecule has 0 amide bonds. The van der Waals surface area contributed by atoms with E-state index in [9.17, 15) is 0 Å². The summed E-state index contributed by atoms with van der Waals surface area (Å²) in [6, 6.07) is 6.56. The molecule has 116 valence electrons. The molecule has 1 fully saturated rings. The van der Waals surface area contributed by atoms with Crippen LogP contribution in [0.1, 0.15) is 43.7 Å². The van der Waals surface area contributed by atoms with Crippen molar-refractivity contribution in [2.75, 3.05) is 19.7 Å². The van der Waals surface area contributed by atoms with Crippen molar-refractivity contribution in [1.29, 1.82) is 0 Å². The van der Waals surface area contributed by atoms with Crippen LogP contribution in [0.3, 0.4) is 0 Å². The number of hydrogen-bond acceptors (Lipinski definition) is 3. The second-order valence-corrected chi connectivity index (χ2v) is 6.26. The molecule has 1 aliphatic heterocycles. The molecular formula is C18H27NO2. The number of nitrogens with one attached hydrogen (secondary N) is 1. The lowest BCUT2D eigenvalue weighted by Gasteiger charge is -2.15. The summed E-state index contributed by atoms with van der Waals surface area (Å²) in [6.45, 7) is 4.93. The number of ether oxygens (including phenoxy) is 2. The Morgan fingerprint density at radius 2 is 2.05 bits per heavy atom. The third-order valence-corrected chi connectivity index (χ3v) is 4.50. The molecule has 1 heterocycles. The van der Waals surface area contributed by atoms with E-state index in [1.54, 1.807) is 0 Å². The van der Waals surface area contributed by atoms with Gasteiger partial charge in [0.05, 0.1) is 12.2 Å². The second-order valence-electron chi connectivity index (χ2n) is 6.26. The van der Waals surface area contributed by atoms with E-state index >= 15 is 0 Å². The van der Waals surface area contributed by atoms with Crippen LogP contribution >= 0.6 is 0 Å². The van der Waals surface area contributed by atoms with Crippen LogP contribution in [-0.4, -0.2) is 31.9 Å². The average molecular weight is 289 g/mol. The van der Waals surface area contributed by atoms with E-state index < -0.39 is 0 Å². The minimum absolute atomic E-state index is 0.256. The Balaban J connectivity index is 1.41. The van der Waals surface area contributed by atoms with Gasteiger partial charge in [0.1, 0.15) is 12.4 Å². The zero-order valence-electron chi connectivity index (χ0n) is 13.1. The first-order valence-electron chi connectivity index (χ1n) is 8.46. The number of rotatable bonds is 7. The minimum atomic E-state index is 0.256. The molecule has 0 radical (unpaired) electrons. The highest BCUT2D eigenvalue weighted by molar-refractivity contribution is 5.38. The van der Waals surface area contributed by atoms with Gasteiger partial charge in [0.2, 0.25) is 0 Å². The highest BCUT2D eigenvalue weighted by atomic mass is 16.5. The number of aryl methyl sites for hydroxylation is 2. The molecule has 2 aliphatic rings. The van der Waals surface area contributed by atoms with Crippen LogP contribution in [0.4, 0.5) is 0 Å². The molecule has 0 saturated carbocycles. The summed E-state index contributed by atoms with van der Waals surface area (Å²) in [5.74, 6) is 1.01. The first-order valence-corrected chi connectivity index (χ1v) is 8.46. The number of hydrogen-bond donors (Lipinski definition) is 1. The summed E-state index contributed by atoms with van der Waals surface area (Å²) in [7, 11) is 0. The van der Waals surface area contributed by atoms with Crippen molar-refractivity contribution >= 4 is 0 Å². The lowest BCUT2D eigenvalue weighted by Crippen LogP contribution is -2.28. The second kappa shape index (κ2) is 7.28. The maximum absolute atomic E-state index is 6.03. The highest BCUT2D eigenvalue weighted by Gasteiger charge is 2.25. The van der Waals surface area contributed by atoms with Crippen molar-refractivity contribution < 1.29 is 9.47 Å². The van der Waals surface area contributed by atoms with E-state index in [0.717, 1.165) is 31.7 Å². The molecule has 1 N–H and O–H groups in total. The van der Waals surface area contributed by atoms with Gasteiger partial charge in [0.15, 0.2) is 0 Å². The van der Waals surface area contributed by atoms with Crippen LogP contribution in [0.2, 0.25) is 0 Å². The van der Waals surface area contributed by atoms with Gasteiger partial charge in [-0.2, -0.15) is 0 Å². The Hall–Kier alpha value is -1.06. The maximum Gasteiger partial charge on any atom is 0.119 e.